The van der Waals surface area contributed by atoms with E-state index in [1.165, 1.54) is 64.2 Å². The van der Waals surface area contributed by atoms with Gasteiger partial charge in [0, 0.05) is 11.3 Å². The van der Waals surface area contributed by atoms with E-state index in [0.29, 0.717) is 5.88 Å². The fraction of sp³-hybridized carbons (Fsp3) is 1.00. The van der Waals surface area contributed by atoms with E-state index in [4.69, 9.17) is 23.2 Å². The Bertz CT molecular complexity index is 126. The van der Waals surface area contributed by atoms with Crippen LogP contribution in [0, 0.1) is 0 Å². The van der Waals surface area contributed by atoms with Gasteiger partial charge in [0.25, 0.3) is 0 Å². The van der Waals surface area contributed by atoms with Crippen LogP contribution in [0.15, 0.2) is 0 Å². The summed E-state index contributed by atoms with van der Waals surface area (Å²) in [6.45, 7) is 2.27. The van der Waals surface area contributed by atoms with Crippen molar-refractivity contribution in [3.05, 3.63) is 0 Å². The molecule has 0 amide bonds. The molecule has 0 aliphatic carbocycles. The maximum Gasteiger partial charge on any atom is 0.0471 e. The van der Waals surface area contributed by atoms with Crippen LogP contribution in [0.2, 0.25) is 0 Å². The smallest absolute Gasteiger partial charge is 0.0471 e. The number of halogens is 2. The Balaban J connectivity index is 2.93. The molecule has 0 spiro atoms. The first-order chi connectivity index (χ1) is 7.81. The molecule has 16 heavy (non-hydrogen) atoms. The Labute approximate surface area is 112 Å². The molecule has 0 heterocycles. The quantitative estimate of drug-likeness (QED) is 0.294. The largest absolute Gasteiger partial charge is 0.125 e. The predicted molar refractivity (Wildman–Crippen MR) is 76.8 cm³/mol. The van der Waals surface area contributed by atoms with Gasteiger partial charge in [0.1, 0.15) is 0 Å². The lowest BCUT2D eigenvalue weighted by atomic mass is 10.1. The minimum atomic E-state index is 0.190. The maximum atomic E-state index is 5.94. The normalized spacial score (nSPS) is 12.9. The number of hydrogen-bond donors (Lipinski definition) is 0. The van der Waals surface area contributed by atoms with E-state index in [1.807, 2.05) is 0 Å². The van der Waals surface area contributed by atoms with Crippen LogP contribution in [0.4, 0.5) is 0 Å². The molecular formula is C14H28Cl2. The molecule has 0 aromatic rings. The molecule has 0 saturated carbocycles. The Morgan fingerprint density at radius 3 is 1.62 bits per heavy atom. The van der Waals surface area contributed by atoms with E-state index in [-0.39, 0.29) is 5.38 Å². The second-order valence-corrected chi connectivity index (χ2v) is 5.65. The lowest BCUT2D eigenvalue weighted by molar-refractivity contribution is 0.549. The Morgan fingerprint density at radius 1 is 0.750 bits per heavy atom. The van der Waals surface area contributed by atoms with E-state index in [1.54, 1.807) is 0 Å². The molecule has 0 unspecified atom stereocenters. The zero-order chi connectivity index (χ0) is 12.1. The zero-order valence-electron chi connectivity index (χ0n) is 10.8. The molecule has 98 valence electrons. The molecular weight excluding hydrogens is 239 g/mol. The monoisotopic (exact) mass is 266 g/mol. The van der Waals surface area contributed by atoms with Crippen LogP contribution < -0.4 is 0 Å². The van der Waals surface area contributed by atoms with Crippen LogP contribution in [0.1, 0.15) is 77.6 Å². The fourth-order valence-electron chi connectivity index (χ4n) is 1.93. The van der Waals surface area contributed by atoms with Gasteiger partial charge < -0.3 is 0 Å². The van der Waals surface area contributed by atoms with Crippen LogP contribution >= 0.6 is 23.2 Å². The molecule has 0 nitrogen and oxygen atoms in total. The van der Waals surface area contributed by atoms with Gasteiger partial charge in [-0.1, -0.05) is 71.1 Å². The van der Waals surface area contributed by atoms with Crippen molar-refractivity contribution < 1.29 is 0 Å². The third-order valence-electron chi connectivity index (χ3n) is 3.04. The lowest BCUT2D eigenvalue weighted by Gasteiger charge is -2.05. The second-order valence-electron chi connectivity index (χ2n) is 4.72. The minimum absolute atomic E-state index is 0.190. The molecule has 0 saturated heterocycles. The highest BCUT2D eigenvalue weighted by atomic mass is 35.5. The molecule has 1 atom stereocenters. The summed E-state index contributed by atoms with van der Waals surface area (Å²) in [5, 5.41) is 0.190. The van der Waals surface area contributed by atoms with Crippen LogP contribution in [0.25, 0.3) is 0 Å². The number of rotatable bonds is 12. The SMILES string of the molecule is CCCCCCCCCCCC[C@@H](Cl)CCl. The molecule has 0 aliphatic heterocycles. The Hall–Kier alpha value is 0.580. The van der Waals surface area contributed by atoms with Crippen molar-refractivity contribution in [3.63, 3.8) is 0 Å². The van der Waals surface area contributed by atoms with Crippen molar-refractivity contribution in [2.45, 2.75) is 82.9 Å². The van der Waals surface area contributed by atoms with E-state index in [2.05, 4.69) is 6.92 Å². The van der Waals surface area contributed by atoms with Gasteiger partial charge in [-0.3, -0.25) is 0 Å². The van der Waals surface area contributed by atoms with Crippen LogP contribution in [-0.4, -0.2) is 11.3 Å². The molecule has 0 aliphatic rings. The molecule has 0 bridgehead atoms. The number of alkyl halides is 2. The summed E-state index contributed by atoms with van der Waals surface area (Å²) in [4.78, 5) is 0. The van der Waals surface area contributed by atoms with Crippen molar-refractivity contribution >= 4 is 23.2 Å². The number of unbranched alkanes of at least 4 members (excludes halogenated alkanes) is 9. The third-order valence-corrected chi connectivity index (χ3v) is 3.94. The van der Waals surface area contributed by atoms with Gasteiger partial charge in [0.2, 0.25) is 0 Å². The highest BCUT2D eigenvalue weighted by Crippen LogP contribution is 2.14. The van der Waals surface area contributed by atoms with E-state index < -0.39 is 0 Å². The van der Waals surface area contributed by atoms with Gasteiger partial charge in [0.15, 0.2) is 0 Å². The molecule has 0 fully saturated rings. The second kappa shape index (κ2) is 13.6. The first-order valence-corrected chi connectivity index (χ1v) is 7.98. The van der Waals surface area contributed by atoms with Crippen LogP contribution in [0.5, 0.6) is 0 Å². The standard InChI is InChI=1S/C14H28Cl2/c1-2-3-4-5-6-7-8-9-10-11-12-14(16)13-15/h14H,2-13H2,1H3/t14-/m1/s1. The van der Waals surface area contributed by atoms with Gasteiger partial charge >= 0.3 is 0 Å². The molecule has 0 radical (unpaired) electrons. The molecule has 0 aromatic heterocycles. The van der Waals surface area contributed by atoms with Crippen molar-refractivity contribution in [2.75, 3.05) is 5.88 Å². The summed E-state index contributed by atoms with van der Waals surface area (Å²) in [6.07, 6.45) is 14.9. The lowest BCUT2D eigenvalue weighted by Crippen LogP contribution is -1.99. The van der Waals surface area contributed by atoms with Crippen LogP contribution in [-0.2, 0) is 0 Å². The van der Waals surface area contributed by atoms with E-state index in [0.717, 1.165) is 6.42 Å². The average molecular weight is 267 g/mol. The Kier molecular flexibility index (Phi) is 14.1. The summed E-state index contributed by atoms with van der Waals surface area (Å²) in [5.74, 6) is 0.596. The molecule has 0 N–H and O–H groups in total. The third kappa shape index (κ3) is 12.6. The molecule has 0 rings (SSSR count). The topological polar surface area (TPSA) is 0 Å². The molecule has 2 heteroatoms. The van der Waals surface area contributed by atoms with Crippen molar-refractivity contribution in [3.8, 4) is 0 Å². The van der Waals surface area contributed by atoms with Gasteiger partial charge in [-0.15, -0.1) is 23.2 Å². The number of hydrogen-bond acceptors (Lipinski definition) is 0. The summed E-state index contributed by atoms with van der Waals surface area (Å²) in [6, 6.07) is 0. The van der Waals surface area contributed by atoms with Crippen molar-refractivity contribution in [2.24, 2.45) is 0 Å². The first kappa shape index (κ1) is 16.6. The first-order valence-electron chi connectivity index (χ1n) is 7.01. The van der Waals surface area contributed by atoms with Gasteiger partial charge in [-0.2, -0.15) is 0 Å². The average Bonchev–Trinajstić information content (AvgIpc) is 2.31. The van der Waals surface area contributed by atoms with E-state index >= 15 is 0 Å². The summed E-state index contributed by atoms with van der Waals surface area (Å²) in [5.41, 5.74) is 0. The van der Waals surface area contributed by atoms with Gasteiger partial charge in [-0.05, 0) is 6.42 Å². The minimum Gasteiger partial charge on any atom is -0.125 e. The maximum absolute atomic E-state index is 5.94. The predicted octanol–water partition coefficient (Wildman–Crippen LogP) is 6.14. The summed E-state index contributed by atoms with van der Waals surface area (Å²) < 4.78 is 0. The Morgan fingerprint density at radius 2 is 1.19 bits per heavy atom. The molecule has 0 aromatic carbocycles. The van der Waals surface area contributed by atoms with Gasteiger partial charge in [-0.25, -0.2) is 0 Å². The van der Waals surface area contributed by atoms with Crippen molar-refractivity contribution in [1.82, 2.24) is 0 Å². The fourth-order valence-corrected chi connectivity index (χ4v) is 2.24. The summed E-state index contributed by atoms with van der Waals surface area (Å²) in [7, 11) is 0. The summed E-state index contributed by atoms with van der Waals surface area (Å²) >= 11 is 11.6. The van der Waals surface area contributed by atoms with Crippen molar-refractivity contribution in [1.29, 1.82) is 0 Å². The van der Waals surface area contributed by atoms with Crippen LogP contribution in [0.3, 0.4) is 0 Å². The highest BCUT2D eigenvalue weighted by molar-refractivity contribution is 6.28. The zero-order valence-corrected chi connectivity index (χ0v) is 12.3. The highest BCUT2D eigenvalue weighted by Gasteiger charge is 2.01. The van der Waals surface area contributed by atoms with E-state index in [9.17, 15) is 0 Å². The van der Waals surface area contributed by atoms with Gasteiger partial charge in [0.05, 0.1) is 0 Å².